The van der Waals surface area contributed by atoms with Crippen molar-refractivity contribution < 1.29 is 0 Å². The summed E-state index contributed by atoms with van der Waals surface area (Å²) in [6, 6.07) is 22.5. The van der Waals surface area contributed by atoms with Crippen LogP contribution in [0.15, 0.2) is 73.1 Å². The average molecular weight is 641 g/mol. The SMILES string of the molecule is CCCCCCCCCCCCCCCCCCCn1ccnc1C(CCCCCCC)C(C)(Cc1ccccc1)c1ccccc1. The lowest BCUT2D eigenvalue weighted by Crippen LogP contribution is -2.35. The fraction of sp³-hybridized carbons (Fsp3) is 0.667. The summed E-state index contributed by atoms with van der Waals surface area (Å²) in [5, 5.41) is 0. The minimum atomic E-state index is -0.0231. The van der Waals surface area contributed by atoms with E-state index in [-0.39, 0.29) is 5.41 Å². The number of imidazole rings is 1. The van der Waals surface area contributed by atoms with Crippen molar-refractivity contribution in [3.8, 4) is 0 Å². The van der Waals surface area contributed by atoms with E-state index in [4.69, 9.17) is 4.98 Å². The summed E-state index contributed by atoms with van der Waals surface area (Å²) in [7, 11) is 0. The quantitative estimate of drug-likeness (QED) is 0.0690. The Balaban J connectivity index is 1.47. The first-order valence-corrected chi connectivity index (χ1v) is 20.3. The van der Waals surface area contributed by atoms with Crippen LogP contribution in [0.5, 0.6) is 0 Å². The van der Waals surface area contributed by atoms with Crippen LogP contribution in [0.1, 0.15) is 191 Å². The second kappa shape index (κ2) is 24.7. The van der Waals surface area contributed by atoms with Crippen LogP contribution in [0.2, 0.25) is 0 Å². The highest BCUT2D eigenvalue weighted by molar-refractivity contribution is 5.33. The number of hydrogen-bond donors (Lipinski definition) is 0. The van der Waals surface area contributed by atoms with Gasteiger partial charge in [-0.05, 0) is 30.4 Å². The highest BCUT2D eigenvalue weighted by Gasteiger charge is 2.39. The van der Waals surface area contributed by atoms with Crippen LogP contribution in [-0.4, -0.2) is 9.55 Å². The second-order valence-electron chi connectivity index (χ2n) is 14.8. The van der Waals surface area contributed by atoms with Gasteiger partial charge in [-0.1, -0.05) is 216 Å². The minimum Gasteiger partial charge on any atom is -0.335 e. The molecule has 1 heterocycles. The first-order chi connectivity index (χ1) is 23.2. The van der Waals surface area contributed by atoms with Gasteiger partial charge in [0.05, 0.1) is 0 Å². The van der Waals surface area contributed by atoms with Crippen molar-refractivity contribution in [2.75, 3.05) is 0 Å². The monoisotopic (exact) mass is 641 g/mol. The van der Waals surface area contributed by atoms with E-state index >= 15 is 0 Å². The lowest BCUT2D eigenvalue weighted by molar-refractivity contribution is 0.321. The smallest absolute Gasteiger partial charge is 0.112 e. The number of nitrogens with zero attached hydrogens (tertiary/aromatic N) is 2. The molecule has 0 saturated carbocycles. The molecule has 0 fully saturated rings. The second-order valence-corrected chi connectivity index (χ2v) is 14.8. The molecule has 3 rings (SSSR count). The van der Waals surface area contributed by atoms with Crippen LogP contribution < -0.4 is 0 Å². The molecule has 3 aromatic rings. The average Bonchev–Trinajstić information content (AvgIpc) is 3.56. The van der Waals surface area contributed by atoms with Gasteiger partial charge in [0.2, 0.25) is 0 Å². The topological polar surface area (TPSA) is 17.8 Å². The number of hydrogen-bond acceptors (Lipinski definition) is 1. The zero-order valence-corrected chi connectivity index (χ0v) is 31.1. The Morgan fingerprint density at radius 1 is 0.553 bits per heavy atom. The molecule has 0 amide bonds. The van der Waals surface area contributed by atoms with E-state index in [9.17, 15) is 0 Å². The third-order valence-electron chi connectivity index (χ3n) is 10.8. The zero-order valence-electron chi connectivity index (χ0n) is 31.1. The Labute approximate surface area is 291 Å². The van der Waals surface area contributed by atoms with Crippen LogP contribution in [0, 0.1) is 0 Å². The Morgan fingerprint density at radius 3 is 1.51 bits per heavy atom. The molecule has 0 N–H and O–H groups in total. The number of aryl methyl sites for hydroxylation is 1. The van der Waals surface area contributed by atoms with Crippen molar-refractivity contribution in [2.24, 2.45) is 0 Å². The van der Waals surface area contributed by atoms with Crippen molar-refractivity contribution in [3.05, 3.63) is 90.0 Å². The number of aromatic nitrogens is 2. The van der Waals surface area contributed by atoms with E-state index in [2.05, 4.69) is 98.4 Å². The van der Waals surface area contributed by atoms with Crippen LogP contribution >= 0.6 is 0 Å². The molecule has 0 bridgehead atoms. The van der Waals surface area contributed by atoms with E-state index < -0.39 is 0 Å². The van der Waals surface area contributed by atoms with E-state index in [1.165, 1.54) is 165 Å². The zero-order chi connectivity index (χ0) is 33.3. The van der Waals surface area contributed by atoms with Gasteiger partial charge in [-0.25, -0.2) is 4.98 Å². The summed E-state index contributed by atoms with van der Waals surface area (Å²) < 4.78 is 2.52. The third kappa shape index (κ3) is 15.2. The first kappa shape index (κ1) is 39.1. The summed E-state index contributed by atoms with van der Waals surface area (Å²) in [4.78, 5) is 5.12. The molecule has 0 aliphatic heterocycles. The fourth-order valence-electron chi connectivity index (χ4n) is 7.78. The molecule has 47 heavy (non-hydrogen) atoms. The Hall–Kier alpha value is -2.35. The van der Waals surface area contributed by atoms with Crippen molar-refractivity contribution in [1.29, 1.82) is 0 Å². The maximum absolute atomic E-state index is 5.12. The number of benzene rings is 2. The van der Waals surface area contributed by atoms with Crippen LogP contribution in [0.25, 0.3) is 0 Å². The van der Waals surface area contributed by atoms with E-state index in [0.717, 1.165) is 13.0 Å². The van der Waals surface area contributed by atoms with Gasteiger partial charge in [0.1, 0.15) is 5.82 Å². The highest BCUT2D eigenvalue weighted by Crippen LogP contribution is 2.44. The van der Waals surface area contributed by atoms with E-state index in [1.807, 2.05) is 0 Å². The molecule has 262 valence electrons. The van der Waals surface area contributed by atoms with Gasteiger partial charge in [-0.2, -0.15) is 0 Å². The molecule has 0 aliphatic carbocycles. The molecule has 0 spiro atoms. The predicted molar refractivity (Wildman–Crippen MR) is 206 cm³/mol. The highest BCUT2D eigenvalue weighted by atomic mass is 15.1. The summed E-state index contributed by atoms with van der Waals surface area (Å²) in [5.74, 6) is 1.69. The molecular formula is C45H72N2. The fourth-order valence-corrected chi connectivity index (χ4v) is 7.78. The van der Waals surface area contributed by atoms with Crippen molar-refractivity contribution in [3.63, 3.8) is 0 Å². The van der Waals surface area contributed by atoms with Gasteiger partial charge in [0.15, 0.2) is 0 Å². The van der Waals surface area contributed by atoms with Gasteiger partial charge in [0.25, 0.3) is 0 Å². The van der Waals surface area contributed by atoms with Crippen molar-refractivity contribution in [2.45, 2.75) is 193 Å². The Bertz CT molecular complexity index is 1120. The molecule has 2 aromatic carbocycles. The largest absolute Gasteiger partial charge is 0.335 e. The molecule has 0 aliphatic rings. The summed E-state index contributed by atoms with van der Waals surface area (Å²) >= 11 is 0. The molecule has 2 unspecified atom stereocenters. The van der Waals surface area contributed by atoms with E-state index in [1.54, 1.807) is 0 Å². The van der Waals surface area contributed by atoms with Gasteiger partial charge in [0, 0.05) is 30.3 Å². The van der Waals surface area contributed by atoms with Crippen molar-refractivity contribution >= 4 is 0 Å². The third-order valence-corrected chi connectivity index (χ3v) is 10.8. The lowest BCUT2D eigenvalue weighted by Gasteiger charge is -2.39. The van der Waals surface area contributed by atoms with Crippen LogP contribution in [0.3, 0.4) is 0 Å². The van der Waals surface area contributed by atoms with Gasteiger partial charge < -0.3 is 4.57 Å². The maximum Gasteiger partial charge on any atom is 0.112 e. The molecule has 0 radical (unpaired) electrons. The first-order valence-electron chi connectivity index (χ1n) is 20.3. The number of unbranched alkanes of at least 4 members (excludes halogenated alkanes) is 20. The summed E-state index contributed by atoms with van der Waals surface area (Å²) in [6.07, 6.45) is 37.2. The normalized spacial score (nSPS) is 13.5. The molecule has 2 heteroatoms. The minimum absolute atomic E-state index is 0.0231. The molecular weight excluding hydrogens is 569 g/mol. The standard InChI is InChI=1S/C45H72N2/c1-4-6-8-10-11-12-13-14-15-16-17-18-19-20-21-23-31-38-47-39-37-46-44(47)43(36-30-22-9-7-5-2)45(3,42-34-28-25-29-35-42)40-41-32-26-24-27-33-41/h24-29,32-35,37,39,43H,4-23,30-31,36,38,40H2,1-3H3. The maximum atomic E-state index is 5.12. The van der Waals surface area contributed by atoms with Gasteiger partial charge in [-0.15, -0.1) is 0 Å². The Morgan fingerprint density at radius 2 is 1.00 bits per heavy atom. The number of rotatable bonds is 29. The summed E-state index contributed by atoms with van der Waals surface area (Å²) in [5.41, 5.74) is 2.83. The summed E-state index contributed by atoms with van der Waals surface area (Å²) in [6.45, 7) is 8.22. The predicted octanol–water partition coefficient (Wildman–Crippen LogP) is 14.2. The van der Waals surface area contributed by atoms with Crippen molar-refractivity contribution in [1.82, 2.24) is 9.55 Å². The molecule has 2 nitrogen and oxygen atoms in total. The Kier molecular flexibility index (Phi) is 20.6. The van der Waals surface area contributed by atoms with Crippen LogP contribution in [-0.2, 0) is 18.4 Å². The lowest BCUT2D eigenvalue weighted by atomic mass is 9.66. The molecule has 1 aromatic heterocycles. The van der Waals surface area contributed by atoms with Gasteiger partial charge in [-0.3, -0.25) is 0 Å². The molecule has 2 atom stereocenters. The van der Waals surface area contributed by atoms with Gasteiger partial charge >= 0.3 is 0 Å². The van der Waals surface area contributed by atoms with Crippen LogP contribution in [0.4, 0.5) is 0 Å². The van der Waals surface area contributed by atoms with E-state index in [0.29, 0.717) is 5.92 Å². The molecule has 0 saturated heterocycles.